The molecule has 1 aromatic heterocycles. The highest BCUT2D eigenvalue weighted by molar-refractivity contribution is 5.97. The molecule has 0 amide bonds. The van der Waals surface area contributed by atoms with Crippen molar-refractivity contribution in [2.45, 2.75) is 6.92 Å². The first kappa shape index (κ1) is 21.2. The minimum atomic E-state index is -0.336. The van der Waals surface area contributed by atoms with Gasteiger partial charge in [-0.2, -0.15) is 0 Å². The molecule has 0 aliphatic heterocycles. The van der Waals surface area contributed by atoms with Crippen LogP contribution in [-0.4, -0.2) is 26.1 Å². The summed E-state index contributed by atoms with van der Waals surface area (Å²) in [6.07, 6.45) is 0. The summed E-state index contributed by atoms with van der Waals surface area (Å²) in [7, 11) is 1.58. The van der Waals surface area contributed by atoms with E-state index in [0.29, 0.717) is 40.2 Å². The second kappa shape index (κ2) is 9.39. The first-order valence-electron chi connectivity index (χ1n) is 10.2. The number of methoxy groups -OCH3 is 1. The highest BCUT2D eigenvalue weighted by atomic mass is 16.5. The van der Waals surface area contributed by atoms with Gasteiger partial charge in [0.1, 0.15) is 17.1 Å². The van der Waals surface area contributed by atoms with Crippen LogP contribution in [0.15, 0.2) is 82.0 Å². The van der Waals surface area contributed by atoms with Crippen molar-refractivity contribution in [1.29, 1.82) is 0 Å². The quantitative estimate of drug-likeness (QED) is 0.361. The lowest BCUT2D eigenvalue weighted by Gasteiger charge is -2.12. The number of carbonyl (C=O) groups excluding carboxylic acids is 1. The molecule has 3 aromatic carbocycles. The lowest BCUT2D eigenvalue weighted by molar-refractivity contribution is 0.0920. The molecule has 0 unspecified atom stereocenters. The lowest BCUT2D eigenvalue weighted by Crippen LogP contribution is -2.17. The lowest BCUT2D eigenvalue weighted by atomic mass is 10.1. The Morgan fingerprint density at radius 3 is 2.25 bits per heavy atom. The van der Waals surface area contributed by atoms with Gasteiger partial charge in [-0.05, 0) is 67.6 Å². The van der Waals surface area contributed by atoms with E-state index in [1.807, 2.05) is 6.92 Å². The van der Waals surface area contributed by atoms with Crippen molar-refractivity contribution < 1.29 is 23.4 Å². The normalized spacial score (nSPS) is 10.7. The molecule has 0 saturated heterocycles. The van der Waals surface area contributed by atoms with Gasteiger partial charge in [0.25, 0.3) is 0 Å². The second-order valence-corrected chi connectivity index (χ2v) is 6.98. The molecule has 0 aliphatic rings. The predicted molar refractivity (Wildman–Crippen MR) is 122 cm³/mol. The van der Waals surface area contributed by atoms with Crippen LogP contribution in [0.25, 0.3) is 22.3 Å². The number of hydrogen-bond donors (Lipinski definition) is 0. The average Bonchev–Trinajstić information content (AvgIpc) is 2.84. The number of ketones is 1. The van der Waals surface area contributed by atoms with Crippen molar-refractivity contribution >= 4 is 16.8 Å². The number of ether oxygens (including phenoxy) is 3. The second-order valence-electron chi connectivity index (χ2n) is 6.98. The van der Waals surface area contributed by atoms with Crippen molar-refractivity contribution in [2.75, 3.05) is 20.3 Å². The number of para-hydroxylation sites is 1. The van der Waals surface area contributed by atoms with Gasteiger partial charge >= 0.3 is 0 Å². The fraction of sp³-hybridized carbons (Fsp3) is 0.154. The summed E-state index contributed by atoms with van der Waals surface area (Å²) in [5.41, 5.74) is 1.20. The van der Waals surface area contributed by atoms with Crippen molar-refractivity contribution in [2.24, 2.45) is 0 Å². The molecule has 32 heavy (non-hydrogen) atoms. The average molecular weight is 430 g/mol. The zero-order chi connectivity index (χ0) is 22.5. The van der Waals surface area contributed by atoms with Crippen LogP contribution in [-0.2, 0) is 0 Å². The molecule has 0 spiro atoms. The Labute approximate surface area is 185 Å². The zero-order valence-corrected chi connectivity index (χ0v) is 17.8. The smallest absolute Gasteiger partial charge is 0.235 e. The van der Waals surface area contributed by atoms with Crippen molar-refractivity contribution in [3.8, 4) is 28.6 Å². The summed E-state index contributed by atoms with van der Waals surface area (Å²) in [4.78, 5) is 25.9. The largest absolute Gasteiger partial charge is 0.497 e. The number of hydrogen-bond acceptors (Lipinski definition) is 6. The van der Waals surface area contributed by atoms with E-state index in [4.69, 9.17) is 18.6 Å². The molecule has 1 heterocycles. The standard InChI is InChI=1S/C26H22O6/c1-3-30-20-14-8-17(9-15-20)22(27)16-31-26-24(28)21-6-4-5-7-23(21)32-25(26)18-10-12-19(29-2)13-11-18/h4-15H,3,16H2,1-2H3. The maximum Gasteiger partial charge on any atom is 0.235 e. The van der Waals surface area contributed by atoms with Crippen LogP contribution in [0.2, 0.25) is 0 Å². The fourth-order valence-corrected chi connectivity index (χ4v) is 3.31. The Kier molecular flexibility index (Phi) is 6.22. The molecule has 0 radical (unpaired) electrons. The molecule has 0 atom stereocenters. The van der Waals surface area contributed by atoms with Crippen LogP contribution in [0.3, 0.4) is 0 Å². The summed E-state index contributed by atoms with van der Waals surface area (Å²) < 4.78 is 22.4. The minimum absolute atomic E-state index is 0.00634. The predicted octanol–water partition coefficient (Wildman–Crippen LogP) is 5.13. The topological polar surface area (TPSA) is 75.0 Å². The molecule has 4 aromatic rings. The summed E-state index contributed by atoms with van der Waals surface area (Å²) in [6.45, 7) is 2.13. The van der Waals surface area contributed by atoms with Crippen molar-refractivity contribution in [3.05, 3.63) is 88.6 Å². The Morgan fingerprint density at radius 1 is 0.875 bits per heavy atom. The van der Waals surface area contributed by atoms with Gasteiger partial charge in [-0.1, -0.05) is 12.1 Å². The van der Waals surface area contributed by atoms with Crippen LogP contribution in [0.5, 0.6) is 17.2 Å². The van der Waals surface area contributed by atoms with E-state index in [1.54, 1.807) is 79.9 Å². The highest BCUT2D eigenvalue weighted by Gasteiger charge is 2.19. The van der Waals surface area contributed by atoms with E-state index in [9.17, 15) is 9.59 Å². The summed E-state index contributed by atoms with van der Waals surface area (Å²) in [5, 5.41) is 0.383. The fourth-order valence-electron chi connectivity index (χ4n) is 3.31. The van der Waals surface area contributed by atoms with Crippen molar-refractivity contribution in [1.82, 2.24) is 0 Å². The van der Waals surface area contributed by atoms with Gasteiger partial charge in [0.15, 0.2) is 18.2 Å². The number of benzene rings is 3. The van der Waals surface area contributed by atoms with Gasteiger partial charge in [-0.15, -0.1) is 0 Å². The van der Waals surface area contributed by atoms with Crippen molar-refractivity contribution in [3.63, 3.8) is 0 Å². The van der Waals surface area contributed by atoms with E-state index in [2.05, 4.69) is 0 Å². The monoisotopic (exact) mass is 430 g/mol. The molecule has 162 valence electrons. The molecule has 0 bridgehead atoms. The van der Waals surface area contributed by atoms with E-state index in [-0.39, 0.29) is 29.3 Å². The number of rotatable bonds is 8. The number of fused-ring (bicyclic) bond motifs is 1. The zero-order valence-electron chi connectivity index (χ0n) is 17.8. The van der Waals surface area contributed by atoms with Crippen LogP contribution >= 0.6 is 0 Å². The molecular weight excluding hydrogens is 408 g/mol. The van der Waals surface area contributed by atoms with Crippen LogP contribution < -0.4 is 19.6 Å². The third kappa shape index (κ3) is 4.34. The summed E-state index contributed by atoms with van der Waals surface area (Å²) in [6, 6.07) is 20.8. The van der Waals surface area contributed by atoms with Gasteiger partial charge in [0.05, 0.1) is 19.1 Å². The van der Waals surface area contributed by atoms with E-state index >= 15 is 0 Å². The number of Topliss-reactive ketones (excluding diaryl/α,β-unsaturated/α-hetero) is 1. The number of carbonyl (C=O) groups is 1. The van der Waals surface area contributed by atoms with Gasteiger partial charge < -0.3 is 18.6 Å². The third-order valence-corrected chi connectivity index (χ3v) is 4.94. The molecule has 0 aliphatic carbocycles. The first-order chi connectivity index (χ1) is 15.6. The van der Waals surface area contributed by atoms with Crippen LogP contribution in [0.4, 0.5) is 0 Å². The molecule has 6 nitrogen and oxygen atoms in total. The van der Waals surface area contributed by atoms with E-state index in [0.717, 1.165) is 0 Å². The molecule has 0 N–H and O–H groups in total. The minimum Gasteiger partial charge on any atom is -0.497 e. The molecular formula is C26H22O6. The Balaban J connectivity index is 1.67. The SMILES string of the molecule is CCOc1ccc(C(=O)COc2c(-c3ccc(OC)cc3)oc3ccccc3c2=O)cc1. The summed E-state index contributed by atoms with van der Waals surface area (Å²) in [5.74, 6) is 1.34. The Bertz CT molecular complexity index is 1290. The maximum atomic E-state index is 13.2. The molecule has 6 heteroatoms. The van der Waals surface area contributed by atoms with E-state index < -0.39 is 0 Å². The van der Waals surface area contributed by atoms with Gasteiger partial charge in [0.2, 0.25) is 11.2 Å². The van der Waals surface area contributed by atoms with Gasteiger partial charge in [0, 0.05) is 11.1 Å². The summed E-state index contributed by atoms with van der Waals surface area (Å²) >= 11 is 0. The third-order valence-electron chi connectivity index (χ3n) is 4.94. The molecule has 0 saturated carbocycles. The molecule has 4 rings (SSSR count). The van der Waals surface area contributed by atoms with E-state index in [1.165, 1.54) is 0 Å². The Morgan fingerprint density at radius 2 is 1.56 bits per heavy atom. The molecule has 0 fully saturated rings. The highest BCUT2D eigenvalue weighted by Crippen LogP contribution is 2.32. The van der Waals surface area contributed by atoms with Gasteiger partial charge in [-0.25, -0.2) is 0 Å². The van der Waals surface area contributed by atoms with Gasteiger partial charge in [-0.3, -0.25) is 9.59 Å². The van der Waals surface area contributed by atoms with Crippen LogP contribution in [0.1, 0.15) is 17.3 Å². The maximum absolute atomic E-state index is 13.2. The first-order valence-corrected chi connectivity index (χ1v) is 10.2. The Hall–Kier alpha value is -4.06. The van der Waals surface area contributed by atoms with Crippen LogP contribution in [0, 0.1) is 0 Å².